The van der Waals surface area contributed by atoms with E-state index >= 15 is 0 Å². The molecule has 2 N–H and O–H groups in total. The quantitative estimate of drug-likeness (QED) is 0.728. The molecular formula is C13H26N4O. The van der Waals surface area contributed by atoms with Gasteiger partial charge in [0.15, 0.2) is 5.82 Å². The van der Waals surface area contributed by atoms with Gasteiger partial charge in [-0.3, -0.25) is 0 Å². The van der Waals surface area contributed by atoms with Crippen LogP contribution in [0.15, 0.2) is 4.52 Å². The fourth-order valence-electron chi connectivity index (χ4n) is 2.14. The molecule has 1 rings (SSSR count). The van der Waals surface area contributed by atoms with Gasteiger partial charge in [-0.25, -0.2) is 0 Å². The van der Waals surface area contributed by atoms with Crippen molar-refractivity contribution in [3.63, 3.8) is 0 Å². The summed E-state index contributed by atoms with van der Waals surface area (Å²) in [4.78, 5) is 6.42. The van der Waals surface area contributed by atoms with Crippen molar-refractivity contribution in [3.8, 4) is 0 Å². The van der Waals surface area contributed by atoms with Gasteiger partial charge in [-0.05, 0) is 39.4 Å². The Morgan fingerprint density at radius 3 is 2.67 bits per heavy atom. The molecule has 0 bridgehead atoms. The standard InChI is InChI=1S/C13H26N4O/c1-4-5-11(8-9-14)6-7-13-15-12(16-18-13)10-17(2)3/h11H,4-10,14H2,1-3H3. The Morgan fingerprint density at radius 1 is 1.28 bits per heavy atom. The van der Waals surface area contributed by atoms with Crippen LogP contribution in [0.25, 0.3) is 0 Å². The maximum atomic E-state index is 5.63. The van der Waals surface area contributed by atoms with Crippen LogP contribution in [0.2, 0.25) is 0 Å². The van der Waals surface area contributed by atoms with Gasteiger partial charge in [0.1, 0.15) is 0 Å². The molecule has 0 aliphatic rings. The van der Waals surface area contributed by atoms with Crippen LogP contribution in [0.1, 0.15) is 44.3 Å². The van der Waals surface area contributed by atoms with E-state index in [1.807, 2.05) is 19.0 Å². The topological polar surface area (TPSA) is 68.2 Å². The van der Waals surface area contributed by atoms with Crippen molar-refractivity contribution in [2.75, 3.05) is 20.6 Å². The Bertz CT molecular complexity index is 319. The lowest BCUT2D eigenvalue weighted by atomic mass is 9.94. The van der Waals surface area contributed by atoms with Crippen molar-refractivity contribution in [1.82, 2.24) is 15.0 Å². The smallest absolute Gasteiger partial charge is 0.226 e. The third-order valence-corrected chi connectivity index (χ3v) is 3.01. The molecule has 0 radical (unpaired) electrons. The van der Waals surface area contributed by atoms with Crippen molar-refractivity contribution in [2.45, 2.75) is 45.6 Å². The maximum Gasteiger partial charge on any atom is 0.226 e. The second kappa shape index (κ2) is 8.21. The molecule has 5 nitrogen and oxygen atoms in total. The number of hydrogen-bond donors (Lipinski definition) is 1. The second-order valence-electron chi connectivity index (χ2n) is 5.11. The summed E-state index contributed by atoms with van der Waals surface area (Å²) in [6.45, 7) is 3.70. The lowest BCUT2D eigenvalue weighted by Crippen LogP contribution is -2.12. The fraction of sp³-hybridized carbons (Fsp3) is 0.846. The molecule has 0 fully saturated rings. The van der Waals surface area contributed by atoms with Crippen LogP contribution in [-0.2, 0) is 13.0 Å². The highest BCUT2D eigenvalue weighted by Crippen LogP contribution is 2.17. The molecular weight excluding hydrogens is 228 g/mol. The highest BCUT2D eigenvalue weighted by Gasteiger charge is 2.11. The summed E-state index contributed by atoms with van der Waals surface area (Å²) in [7, 11) is 3.99. The lowest BCUT2D eigenvalue weighted by Gasteiger charge is -2.13. The molecule has 0 aliphatic carbocycles. The van der Waals surface area contributed by atoms with Crippen molar-refractivity contribution in [2.24, 2.45) is 11.7 Å². The van der Waals surface area contributed by atoms with Crippen molar-refractivity contribution in [3.05, 3.63) is 11.7 Å². The van der Waals surface area contributed by atoms with E-state index in [0.29, 0.717) is 5.92 Å². The van der Waals surface area contributed by atoms with Crippen LogP contribution < -0.4 is 5.73 Å². The lowest BCUT2D eigenvalue weighted by molar-refractivity contribution is 0.335. The van der Waals surface area contributed by atoms with Crippen LogP contribution in [0.5, 0.6) is 0 Å². The number of nitrogens with zero attached hydrogens (tertiary/aromatic N) is 3. The van der Waals surface area contributed by atoms with Gasteiger partial charge < -0.3 is 15.2 Å². The maximum absolute atomic E-state index is 5.63. The molecule has 104 valence electrons. The van der Waals surface area contributed by atoms with Gasteiger partial charge in [0.2, 0.25) is 5.89 Å². The molecule has 1 aromatic rings. The largest absolute Gasteiger partial charge is 0.339 e. The predicted octanol–water partition coefficient (Wildman–Crippen LogP) is 1.83. The van der Waals surface area contributed by atoms with E-state index in [1.165, 1.54) is 12.8 Å². The summed E-state index contributed by atoms with van der Waals surface area (Å²) in [6.07, 6.45) is 5.49. The average Bonchev–Trinajstić information content (AvgIpc) is 2.73. The fourth-order valence-corrected chi connectivity index (χ4v) is 2.14. The number of aromatic nitrogens is 2. The van der Waals surface area contributed by atoms with Crippen LogP contribution in [-0.4, -0.2) is 35.7 Å². The van der Waals surface area contributed by atoms with E-state index in [4.69, 9.17) is 10.3 Å². The van der Waals surface area contributed by atoms with Gasteiger partial charge in [-0.15, -0.1) is 0 Å². The molecule has 0 spiro atoms. The van der Waals surface area contributed by atoms with Crippen LogP contribution in [0.3, 0.4) is 0 Å². The van der Waals surface area contributed by atoms with E-state index in [1.54, 1.807) is 0 Å². The van der Waals surface area contributed by atoms with E-state index < -0.39 is 0 Å². The zero-order chi connectivity index (χ0) is 13.4. The summed E-state index contributed by atoms with van der Waals surface area (Å²) in [6, 6.07) is 0. The number of hydrogen-bond acceptors (Lipinski definition) is 5. The van der Waals surface area contributed by atoms with Gasteiger partial charge in [0.25, 0.3) is 0 Å². The first kappa shape index (κ1) is 15.1. The first-order chi connectivity index (χ1) is 8.65. The third-order valence-electron chi connectivity index (χ3n) is 3.01. The van der Waals surface area contributed by atoms with Gasteiger partial charge in [0.05, 0.1) is 6.54 Å². The summed E-state index contributed by atoms with van der Waals surface area (Å²) >= 11 is 0. The number of nitrogens with two attached hydrogens (primary N) is 1. The average molecular weight is 254 g/mol. The van der Waals surface area contributed by atoms with Gasteiger partial charge >= 0.3 is 0 Å². The minimum Gasteiger partial charge on any atom is -0.339 e. The summed E-state index contributed by atoms with van der Waals surface area (Å²) in [5.41, 5.74) is 5.63. The van der Waals surface area contributed by atoms with Crippen molar-refractivity contribution in [1.29, 1.82) is 0 Å². The van der Waals surface area contributed by atoms with E-state index in [-0.39, 0.29) is 0 Å². The Morgan fingerprint density at radius 2 is 2.06 bits per heavy atom. The second-order valence-corrected chi connectivity index (χ2v) is 5.11. The Kier molecular flexibility index (Phi) is 6.90. The van der Waals surface area contributed by atoms with Gasteiger partial charge in [-0.2, -0.15) is 4.98 Å². The predicted molar refractivity (Wildman–Crippen MR) is 72.1 cm³/mol. The number of rotatable bonds is 9. The van der Waals surface area contributed by atoms with Crippen LogP contribution >= 0.6 is 0 Å². The van der Waals surface area contributed by atoms with Gasteiger partial charge in [-0.1, -0.05) is 24.9 Å². The molecule has 0 aliphatic heterocycles. The Hall–Kier alpha value is -0.940. The molecule has 5 heteroatoms. The molecule has 0 amide bonds. The highest BCUT2D eigenvalue weighted by molar-refractivity contribution is 4.86. The molecule has 1 unspecified atom stereocenters. The minimum absolute atomic E-state index is 0.684. The zero-order valence-corrected chi connectivity index (χ0v) is 11.9. The van der Waals surface area contributed by atoms with E-state index in [2.05, 4.69) is 17.1 Å². The summed E-state index contributed by atoms with van der Waals surface area (Å²) in [5, 5.41) is 3.97. The molecule has 1 atom stereocenters. The zero-order valence-electron chi connectivity index (χ0n) is 11.9. The monoisotopic (exact) mass is 254 g/mol. The van der Waals surface area contributed by atoms with E-state index in [9.17, 15) is 0 Å². The number of aryl methyl sites for hydroxylation is 1. The summed E-state index contributed by atoms with van der Waals surface area (Å²) in [5.74, 6) is 2.20. The Balaban J connectivity index is 2.39. The van der Waals surface area contributed by atoms with E-state index in [0.717, 1.165) is 44.1 Å². The molecule has 0 aromatic carbocycles. The molecule has 1 heterocycles. The Labute approximate surface area is 110 Å². The molecule has 18 heavy (non-hydrogen) atoms. The molecule has 0 saturated heterocycles. The highest BCUT2D eigenvalue weighted by atomic mass is 16.5. The third kappa shape index (κ3) is 5.60. The normalized spacial score (nSPS) is 13.2. The molecule has 1 aromatic heterocycles. The van der Waals surface area contributed by atoms with Crippen LogP contribution in [0.4, 0.5) is 0 Å². The first-order valence-corrected chi connectivity index (χ1v) is 6.82. The first-order valence-electron chi connectivity index (χ1n) is 6.82. The van der Waals surface area contributed by atoms with Gasteiger partial charge in [0, 0.05) is 6.42 Å². The van der Waals surface area contributed by atoms with Crippen LogP contribution in [0, 0.1) is 5.92 Å². The van der Waals surface area contributed by atoms with Crippen molar-refractivity contribution >= 4 is 0 Å². The summed E-state index contributed by atoms with van der Waals surface area (Å²) < 4.78 is 5.25. The van der Waals surface area contributed by atoms with Crippen molar-refractivity contribution < 1.29 is 4.52 Å². The minimum atomic E-state index is 0.684. The molecule has 0 saturated carbocycles. The SMILES string of the molecule is CCCC(CCN)CCc1nc(CN(C)C)no1.